The van der Waals surface area contributed by atoms with Gasteiger partial charge in [0.2, 0.25) is 0 Å². The lowest BCUT2D eigenvalue weighted by molar-refractivity contribution is -0.145. The highest BCUT2D eigenvalue weighted by molar-refractivity contribution is 5.91. The van der Waals surface area contributed by atoms with Crippen molar-refractivity contribution in [1.82, 2.24) is 4.98 Å². The Hall–Kier alpha value is -2.12. The molecule has 0 radical (unpaired) electrons. The Morgan fingerprint density at radius 1 is 1.39 bits per heavy atom. The van der Waals surface area contributed by atoms with Crippen molar-refractivity contribution in [3.05, 3.63) is 23.9 Å². The van der Waals surface area contributed by atoms with Crippen LogP contribution in [0.2, 0.25) is 0 Å². The van der Waals surface area contributed by atoms with E-state index < -0.39 is 30.2 Å². The summed E-state index contributed by atoms with van der Waals surface area (Å²) in [6.07, 6.45) is -3.88. The van der Waals surface area contributed by atoms with E-state index in [-0.39, 0.29) is 5.82 Å². The van der Waals surface area contributed by atoms with Crippen LogP contribution in [0.25, 0.3) is 0 Å². The molecule has 8 heteroatoms. The van der Waals surface area contributed by atoms with Crippen molar-refractivity contribution >= 4 is 17.7 Å². The Kier molecular flexibility index (Phi) is 4.24. The first-order valence-electron chi connectivity index (χ1n) is 4.75. The number of carbonyl (C=O) groups is 2. The fourth-order valence-corrected chi connectivity index (χ4v) is 0.982. The number of nitrogens with one attached hydrogen (secondary N) is 1. The van der Waals surface area contributed by atoms with Crippen molar-refractivity contribution in [3.63, 3.8) is 0 Å². The normalized spacial score (nSPS) is 10.9. The molecular formula is C10H9F3N2O3. The summed E-state index contributed by atoms with van der Waals surface area (Å²) in [5.41, 5.74) is -0.916. The molecule has 5 nitrogen and oxygen atoms in total. The largest absolute Gasteiger partial charge is 0.456 e. The van der Waals surface area contributed by atoms with Gasteiger partial charge in [-0.05, 0) is 12.1 Å². The fourth-order valence-electron chi connectivity index (χ4n) is 0.982. The summed E-state index contributed by atoms with van der Waals surface area (Å²) < 4.78 is 41.0. The number of carbonyl (C=O) groups excluding carboxylic acids is 2. The zero-order valence-electron chi connectivity index (χ0n) is 9.25. The first-order chi connectivity index (χ1) is 8.29. The van der Waals surface area contributed by atoms with E-state index in [1.54, 1.807) is 0 Å². The molecule has 0 aromatic carbocycles. The average Bonchev–Trinajstić information content (AvgIpc) is 2.26. The van der Waals surface area contributed by atoms with Gasteiger partial charge >= 0.3 is 12.1 Å². The van der Waals surface area contributed by atoms with Gasteiger partial charge in [0.15, 0.2) is 6.61 Å². The first-order valence-corrected chi connectivity index (χ1v) is 4.75. The molecule has 1 aromatic heterocycles. The molecule has 0 fully saturated rings. The molecule has 0 atom stereocenters. The molecule has 1 heterocycles. The lowest BCUT2D eigenvalue weighted by Gasteiger charge is -2.07. The van der Waals surface area contributed by atoms with Crippen molar-refractivity contribution in [3.8, 4) is 0 Å². The minimum absolute atomic E-state index is 0.0554. The molecule has 0 bridgehead atoms. The topological polar surface area (TPSA) is 68.3 Å². The van der Waals surface area contributed by atoms with Crippen LogP contribution in [-0.2, 0) is 20.5 Å². The summed E-state index contributed by atoms with van der Waals surface area (Å²) in [5, 5.41) is 2.18. The molecule has 0 aliphatic heterocycles. The predicted octanol–water partition coefficient (Wildman–Crippen LogP) is 1.60. The maximum absolute atomic E-state index is 12.2. The number of hydrogen-bond acceptors (Lipinski definition) is 4. The van der Waals surface area contributed by atoms with Gasteiger partial charge in [0.1, 0.15) is 5.82 Å². The maximum atomic E-state index is 12.2. The lowest BCUT2D eigenvalue weighted by atomic mass is 10.3. The molecule has 0 aliphatic rings. The van der Waals surface area contributed by atoms with Crippen LogP contribution < -0.4 is 5.32 Å². The third kappa shape index (κ3) is 4.40. The van der Waals surface area contributed by atoms with Crippen molar-refractivity contribution < 1.29 is 27.5 Å². The van der Waals surface area contributed by atoms with E-state index in [2.05, 4.69) is 15.0 Å². The number of amides is 1. The quantitative estimate of drug-likeness (QED) is 0.840. The van der Waals surface area contributed by atoms with Crippen LogP contribution in [0, 0.1) is 0 Å². The molecule has 0 aliphatic carbocycles. The van der Waals surface area contributed by atoms with E-state index in [0.717, 1.165) is 19.1 Å². The minimum Gasteiger partial charge on any atom is -0.456 e. The van der Waals surface area contributed by atoms with E-state index in [1.807, 2.05) is 0 Å². The van der Waals surface area contributed by atoms with Crippen LogP contribution in [0.4, 0.5) is 19.0 Å². The van der Waals surface area contributed by atoms with Gasteiger partial charge in [0, 0.05) is 13.1 Å². The van der Waals surface area contributed by atoms with Crippen LogP contribution in [-0.4, -0.2) is 23.5 Å². The van der Waals surface area contributed by atoms with E-state index in [9.17, 15) is 22.8 Å². The van der Waals surface area contributed by atoms with E-state index in [1.165, 1.54) is 0 Å². The van der Waals surface area contributed by atoms with Crippen LogP contribution in [0.3, 0.4) is 0 Å². The molecule has 0 spiro atoms. The number of anilines is 1. The molecule has 1 rings (SSSR count). The number of hydrogen-bond donors (Lipinski definition) is 1. The molecule has 1 aromatic rings. The summed E-state index contributed by atoms with van der Waals surface area (Å²) in [5.74, 6) is -1.37. The number of nitrogens with zero attached hydrogens (tertiary/aromatic N) is 1. The fraction of sp³-hybridized carbons (Fsp3) is 0.300. The van der Waals surface area contributed by atoms with Gasteiger partial charge in [-0.1, -0.05) is 0 Å². The average molecular weight is 262 g/mol. The summed E-state index contributed by atoms with van der Waals surface area (Å²) >= 11 is 0. The number of halogens is 3. The zero-order valence-corrected chi connectivity index (χ0v) is 9.25. The third-order valence-electron chi connectivity index (χ3n) is 1.76. The van der Waals surface area contributed by atoms with Gasteiger partial charge in [0.25, 0.3) is 5.91 Å². The van der Waals surface area contributed by atoms with Crippen LogP contribution in [0.5, 0.6) is 0 Å². The molecular weight excluding hydrogens is 253 g/mol. The summed E-state index contributed by atoms with van der Waals surface area (Å²) in [6.45, 7) is 0.613. The number of pyridine rings is 1. The second kappa shape index (κ2) is 5.48. The van der Waals surface area contributed by atoms with Crippen molar-refractivity contribution in [2.45, 2.75) is 13.1 Å². The van der Waals surface area contributed by atoms with Gasteiger partial charge < -0.3 is 10.1 Å². The summed E-state index contributed by atoms with van der Waals surface area (Å²) in [4.78, 5) is 25.0. The molecule has 1 amide bonds. The highest BCUT2D eigenvalue weighted by Crippen LogP contribution is 2.28. The number of rotatable bonds is 3. The van der Waals surface area contributed by atoms with Crippen molar-refractivity contribution in [2.75, 3.05) is 11.9 Å². The standard InChI is InChI=1S/C10H9F3N2O3/c1-6(16)18-5-9(17)15-8-3-2-7(4-14-8)10(11,12)13/h2-4H,5H2,1H3,(H,14,15,17). The Bertz CT molecular complexity index is 443. The minimum atomic E-state index is -4.48. The number of esters is 1. The van der Waals surface area contributed by atoms with E-state index in [0.29, 0.717) is 6.20 Å². The predicted molar refractivity (Wildman–Crippen MR) is 54.5 cm³/mol. The van der Waals surface area contributed by atoms with Gasteiger partial charge in [-0.15, -0.1) is 0 Å². The third-order valence-corrected chi connectivity index (χ3v) is 1.76. The Balaban J connectivity index is 2.59. The van der Waals surface area contributed by atoms with Gasteiger partial charge in [0.05, 0.1) is 5.56 Å². The van der Waals surface area contributed by atoms with Gasteiger partial charge in [-0.25, -0.2) is 4.98 Å². The molecule has 1 N–H and O–H groups in total. The highest BCUT2D eigenvalue weighted by atomic mass is 19.4. The Morgan fingerprint density at radius 3 is 2.50 bits per heavy atom. The molecule has 18 heavy (non-hydrogen) atoms. The van der Waals surface area contributed by atoms with Crippen molar-refractivity contribution in [1.29, 1.82) is 0 Å². The summed E-state index contributed by atoms with van der Waals surface area (Å²) in [6, 6.07) is 1.79. The van der Waals surface area contributed by atoms with E-state index >= 15 is 0 Å². The number of alkyl halides is 3. The van der Waals surface area contributed by atoms with Crippen LogP contribution >= 0.6 is 0 Å². The molecule has 0 saturated carbocycles. The Morgan fingerprint density at radius 2 is 2.06 bits per heavy atom. The van der Waals surface area contributed by atoms with Gasteiger partial charge in [-0.3, -0.25) is 9.59 Å². The molecule has 0 unspecified atom stereocenters. The second-order valence-corrected chi connectivity index (χ2v) is 3.26. The smallest absolute Gasteiger partial charge is 0.417 e. The highest BCUT2D eigenvalue weighted by Gasteiger charge is 2.30. The maximum Gasteiger partial charge on any atom is 0.417 e. The number of ether oxygens (including phenoxy) is 1. The van der Waals surface area contributed by atoms with Gasteiger partial charge in [-0.2, -0.15) is 13.2 Å². The summed E-state index contributed by atoms with van der Waals surface area (Å²) in [7, 11) is 0. The number of aromatic nitrogens is 1. The first kappa shape index (κ1) is 13.9. The molecule has 98 valence electrons. The van der Waals surface area contributed by atoms with Crippen molar-refractivity contribution in [2.24, 2.45) is 0 Å². The molecule has 0 saturated heterocycles. The second-order valence-electron chi connectivity index (χ2n) is 3.26. The van der Waals surface area contributed by atoms with Crippen LogP contribution in [0.1, 0.15) is 12.5 Å². The SMILES string of the molecule is CC(=O)OCC(=O)Nc1ccc(C(F)(F)F)cn1. The van der Waals surface area contributed by atoms with Crippen LogP contribution in [0.15, 0.2) is 18.3 Å². The monoisotopic (exact) mass is 262 g/mol. The zero-order chi connectivity index (χ0) is 13.8. The van der Waals surface area contributed by atoms with E-state index in [4.69, 9.17) is 0 Å². The Labute approximate surface area is 100.0 Å². The lowest BCUT2D eigenvalue weighted by Crippen LogP contribution is -2.20.